The minimum absolute atomic E-state index is 0.0203. The van der Waals surface area contributed by atoms with E-state index in [9.17, 15) is 9.59 Å². The molecular formula is C8H12N4O2S. The van der Waals surface area contributed by atoms with Gasteiger partial charge in [0.2, 0.25) is 11.0 Å². The Morgan fingerprint density at radius 2 is 2.33 bits per heavy atom. The highest BCUT2D eigenvalue weighted by atomic mass is 32.1. The molecule has 6 nitrogen and oxygen atoms in total. The van der Waals surface area contributed by atoms with Crippen molar-refractivity contribution in [3.63, 3.8) is 0 Å². The van der Waals surface area contributed by atoms with Crippen LogP contribution in [0.1, 0.15) is 20.3 Å². The summed E-state index contributed by atoms with van der Waals surface area (Å²) < 4.78 is 0. The van der Waals surface area contributed by atoms with E-state index in [0.29, 0.717) is 6.42 Å². The Morgan fingerprint density at radius 3 is 2.73 bits per heavy atom. The topological polar surface area (TPSA) is 96.6 Å². The molecular weight excluding hydrogens is 216 g/mol. The number of hydrogen-bond donors (Lipinski definition) is 3. The van der Waals surface area contributed by atoms with Crippen LogP contribution in [0.4, 0.5) is 0 Å². The summed E-state index contributed by atoms with van der Waals surface area (Å²) in [6.45, 7) is 3.04. The van der Waals surface area contributed by atoms with Gasteiger partial charge in [0.15, 0.2) is 5.54 Å². The van der Waals surface area contributed by atoms with E-state index in [4.69, 9.17) is 18.0 Å². The van der Waals surface area contributed by atoms with Crippen molar-refractivity contribution < 1.29 is 9.59 Å². The Kier molecular flexibility index (Phi) is 3.04. The molecule has 1 aliphatic heterocycles. The Bertz CT molecular complexity index is 366. The molecule has 0 fully saturated rings. The number of carbonyl (C=O) groups is 2. The van der Waals surface area contributed by atoms with Gasteiger partial charge in [0, 0.05) is 6.92 Å². The van der Waals surface area contributed by atoms with Gasteiger partial charge in [-0.05, 0) is 18.6 Å². The van der Waals surface area contributed by atoms with Gasteiger partial charge < -0.3 is 11.1 Å². The summed E-state index contributed by atoms with van der Waals surface area (Å²) in [5.41, 5.74) is 4.37. The summed E-state index contributed by atoms with van der Waals surface area (Å²) in [6, 6.07) is 0. The fourth-order valence-electron chi connectivity index (χ4n) is 1.40. The second kappa shape index (κ2) is 3.93. The zero-order valence-electron chi connectivity index (χ0n) is 8.46. The highest BCUT2D eigenvalue weighted by molar-refractivity contribution is 7.80. The van der Waals surface area contributed by atoms with Crippen LogP contribution in [0.5, 0.6) is 0 Å². The summed E-state index contributed by atoms with van der Waals surface area (Å²) in [6.07, 6.45) is 0.316. The van der Waals surface area contributed by atoms with Crippen molar-refractivity contribution >= 4 is 35.0 Å². The lowest BCUT2D eigenvalue weighted by molar-refractivity contribution is -0.129. The average Bonchev–Trinajstić information content (AvgIpc) is 2.11. The molecule has 82 valence electrons. The van der Waals surface area contributed by atoms with Gasteiger partial charge in [-0.25, -0.2) is 4.99 Å². The molecule has 0 saturated heterocycles. The molecule has 0 radical (unpaired) electrons. The third-order valence-corrected chi connectivity index (χ3v) is 2.38. The minimum Gasteiger partial charge on any atom is -0.385 e. The molecule has 7 heteroatoms. The molecule has 1 unspecified atom stereocenters. The maximum atomic E-state index is 11.7. The van der Waals surface area contributed by atoms with Crippen LogP contribution in [-0.4, -0.2) is 28.3 Å². The van der Waals surface area contributed by atoms with Crippen LogP contribution in [0, 0.1) is 0 Å². The Hall–Kier alpha value is -1.50. The van der Waals surface area contributed by atoms with E-state index in [0.717, 1.165) is 0 Å². The zero-order chi connectivity index (χ0) is 11.6. The number of thiocarbonyl (C=S) groups is 1. The Balaban J connectivity index is 3.16. The lowest BCUT2D eigenvalue weighted by atomic mass is 9.92. The SMILES string of the molecule is CCC1(NC(C)=O)C(=O)NC(=S)N=C1N. The summed E-state index contributed by atoms with van der Waals surface area (Å²) >= 11 is 4.71. The molecule has 15 heavy (non-hydrogen) atoms. The number of carbonyl (C=O) groups excluding carboxylic acids is 2. The predicted octanol–water partition coefficient (Wildman–Crippen LogP) is -0.957. The first kappa shape index (κ1) is 11.6. The molecule has 1 rings (SSSR count). The first-order chi connectivity index (χ1) is 6.92. The average molecular weight is 228 g/mol. The third-order valence-electron chi connectivity index (χ3n) is 2.19. The highest BCUT2D eigenvalue weighted by Gasteiger charge is 2.44. The molecule has 0 aromatic carbocycles. The van der Waals surface area contributed by atoms with Gasteiger partial charge in [-0.15, -0.1) is 0 Å². The number of rotatable bonds is 2. The second-order valence-electron chi connectivity index (χ2n) is 3.20. The largest absolute Gasteiger partial charge is 0.385 e. The summed E-state index contributed by atoms with van der Waals surface area (Å²) in [4.78, 5) is 26.5. The van der Waals surface area contributed by atoms with Gasteiger partial charge in [0.25, 0.3) is 5.91 Å². The zero-order valence-corrected chi connectivity index (χ0v) is 9.27. The molecule has 1 heterocycles. The van der Waals surface area contributed by atoms with E-state index in [1.165, 1.54) is 6.92 Å². The van der Waals surface area contributed by atoms with Crippen molar-refractivity contribution in [1.29, 1.82) is 0 Å². The molecule has 0 aliphatic carbocycles. The van der Waals surface area contributed by atoms with Gasteiger partial charge in [-0.1, -0.05) is 6.92 Å². The number of amidine groups is 1. The smallest absolute Gasteiger partial charge is 0.259 e. The van der Waals surface area contributed by atoms with E-state index in [-0.39, 0.29) is 16.9 Å². The number of amides is 2. The minimum atomic E-state index is -1.27. The molecule has 0 spiro atoms. The normalized spacial score (nSPS) is 25.6. The lowest BCUT2D eigenvalue weighted by Gasteiger charge is -2.33. The second-order valence-corrected chi connectivity index (χ2v) is 3.58. The van der Waals surface area contributed by atoms with Crippen LogP contribution in [0.2, 0.25) is 0 Å². The predicted molar refractivity (Wildman–Crippen MR) is 59.2 cm³/mol. The van der Waals surface area contributed by atoms with Crippen molar-refractivity contribution in [2.75, 3.05) is 0 Å². The third kappa shape index (κ3) is 1.96. The van der Waals surface area contributed by atoms with E-state index < -0.39 is 11.4 Å². The molecule has 0 aromatic heterocycles. The van der Waals surface area contributed by atoms with Gasteiger partial charge in [0.1, 0.15) is 5.84 Å². The summed E-state index contributed by atoms with van der Waals surface area (Å²) in [5, 5.41) is 4.89. The number of nitrogens with two attached hydrogens (primary N) is 1. The van der Waals surface area contributed by atoms with Gasteiger partial charge in [-0.2, -0.15) is 0 Å². The maximum absolute atomic E-state index is 11.7. The van der Waals surface area contributed by atoms with Crippen LogP contribution in [-0.2, 0) is 9.59 Å². The Morgan fingerprint density at radius 1 is 1.73 bits per heavy atom. The van der Waals surface area contributed by atoms with E-state index in [1.807, 2.05) is 0 Å². The van der Waals surface area contributed by atoms with Crippen LogP contribution in [0.15, 0.2) is 4.99 Å². The molecule has 1 atom stereocenters. The van der Waals surface area contributed by atoms with Gasteiger partial charge in [-0.3, -0.25) is 14.9 Å². The van der Waals surface area contributed by atoms with Crippen LogP contribution < -0.4 is 16.4 Å². The maximum Gasteiger partial charge on any atom is 0.259 e. The monoisotopic (exact) mass is 228 g/mol. The number of nitrogens with one attached hydrogen (secondary N) is 2. The Labute approximate surface area is 92.3 Å². The van der Waals surface area contributed by atoms with Crippen molar-refractivity contribution in [1.82, 2.24) is 10.6 Å². The molecule has 0 aromatic rings. The molecule has 1 aliphatic rings. The van der Waals surface area contributed by atoms with E-state index >= 15 is 0 Å². The van der Waals surface area contributed by atoms with Crippen LogP contribution in [0.3, 0.4) is 0 Å². The van der Waals surface area contributed by atoms with Crippen LogP contribution >= 0.6 is 12.2 Å². The molecule has 0 bridgehead atoms. The van der Waals surface area contributed by atoms with Crippen molar-refractivity contribution in [3.05, 3.63) is 0 Å². The van der Waals surface area contributed by atoms with E-state index in [1.54, 1.807) is 6.92 Å². The first-order valence-electron chi connectivity index (χ1n) is 4.41. The fourth-order valence-corrected chi connectivity index (χ4v) is 1.60. The number of aliphatic imine (C=N–C) groups is 1. The molecule has 2 amide bonds. The van der Waals surface area contributed by atoms with Crippen molar-refractivity contribution in [2.24, 2.45) is 10.7 Å². The van der Waals surface area contributed by atoms with Crippen LogP contribution in [0.25, 0.3) is 0 Å². The van der Waals surface area contributed by atoms with Crippen molar-refractivity contribution in [2.45, 2.75) is 25.8 Å². The summed E-state index contributed by atoms with van der Waals surface area (Å²) in [7, 11) is 0. The summed E-state index contributed by atoms with van der Waals surface area (Å²) in [5.74, 6) is -0.774. The van der Waals surface area contributed by atoms with Gasteiger partial charge >= 0.3 is 0 Å². The highest BCUT2D eigenvalue weighted by Crippen LogP contribution is 2.14. The lowest BCUT2D eigenvalue weighted by Crippen LogP contribution is -2.68. The molecule has 4 N–H and O–H groups in total. The van der Waals surface area contributed by atoms with Gasteiger partial charge in [0.05, 0.1) is 0 Å². The standard InChI is InChI=1S/C8H12N4O2S/c1-3-8(12-4(2)13)5(9)10-7(15)11-6(8)14/h3H2,1-2H3,(H,12,13)(H3,9,10,11,14,15). The fraction of sp³-hybridized carbons (Fsp3) is 0.500. The van der Waals surface area contributed by atoms with Crippen molar-refractivity contribution in [3.8, 4) is 0 Å². The first-order valence-corrected chi connectivity index (χ1v) is 4.82. The van der Waals surface area contributed by atoms with E-state index in [2.05, 4.69) is 15.6 Å². The number of hydrogen-bond acceptors (Lipinski definition) is 4. The molecule has 0 saturated carbocycles. The number of nitrogens with zero attached hydrogens (tertiary/aromatic N) is 1. The quantitative estimate of drug-likeness (QED) is 0.530.